The van der Waals surface area contributed by atoms with Crippen LogP contribution in [0.25, 0.3) is 0 Å². The third-order valence-corrected chi connectivity index (χ3v) is 23.2. The molecule has 0 bridgehead atoms. The number of rotatable bonds is 3. The number of hydrogen-bond acceptors (Lipinski definition) is 1. The summed E-state index contributed by atoms with van der Waals surface area (Å²) in [7, 11) is 6.16. The van der Waals surface area contributed by atoms with Gasteiger partial charge in [0.05, 0.1) is 0 Å². The van der Waals surface area contributed by atoms with Gasteiger partial charge in [0.2, 0.25) is 6.71 Å². The van der Waals surface area contributed by atoms with Gasteiger partial charge in [-0.15, -0.1) is 26.8 Å². The quantitative estimate of drug-likeness (QED) is 0.153. The summed E-state index contributed by atoms with van der Waals surface area (Å²) in [5.74, 6) is 0.319. The number of hydrogen-bond donors (Lipinski definition) is 0. The van der Waals surface area contributed by atoms with Crippen LogP contribution in [0.4, 0.5) is 0 Å². The number of benzene rings is 5. The van der Waals surface area contributed by atoms with Crippen molar-refractivity contribution in [1.82, 2.24) is 0 Å². The fourth-order valence-electron chi connectivity index (χ4n) is 6.56. The molecule has 0 radical (unpaired) electrons. The van der Waals surface area contributed by atoms with Crippen LogP contribution in [0.2, 0.25) is 0 Å². The maximum atomic E-state index is 15.5. The minimum absolute atomic E-state index is 0.147. The van der Waals surface area contributed by atoms with Crippen LogP contribution in [0.1, 0.15) is 28.4 Å². The standard InChI is InChI=1S/C32H24BOP.H7P5/c34-35(24-15-5-2-6-16-24)29-21-11-8-18-26(29)31-25-17-7-10-20-28(25)33(23-13-3-1-4-14-23)32(31)27-19-9-12-22-30(27)35;1-4-5(2)3/h1-22,31-32H;4H,1-3H2. The van der Waals surface area contributed by atoms with Gasteiger partial charge in [0, 0.05) is 21.8 Å². The summed E-state index contributed by atoms with van der Waals surface area (Å²) in [6.07, 6.45) is 0. The minimum Gasteiger partial charge on any atom is -0.309 e. The van der Waals surface area contributed by atoms with E-state index in [-0.39, 0.29) is 25.4 Å². The van der Waals surface area contributed by atoms with Crippen molar-refractivity contribution in [3.05, 3.63) is 150 Å². The zero-order valence-electron chi connectivity index (χ0n) is 22.0. The zero-order valence-corrected chi connectivity index (χ0v) is 28.2. The van der Waals surface area contributed by atoms with Gasteiger partial charge in [0.15, 0.2) is 7.14 Å². The molecular formula is C32H31BOP6. The van der Waals surface area contributed by atoms with Crippen molar-refractivity contribution in [3.8, 4) is 0 Å². The molecule has 8 heteroatoms. The van der Waals surface area contributed by atoms with Crippen molar-refractivity contribution in [1.29, 1.82) is 0 Å². The van der Waals surface area contributed by atoms with Gasteiger partial charge in [-0.25, -0.2) is 0 Å². The molecule has 0 N–H and O–H groups in total. The Labute approximate surface area is 247 Å². The first-order valence-corrected chi connectivity index (χ1v) is 23.2. The summed E-state index contributed by atoms with van der Waals surface area (Å²) in [6.45, 7) is 0.429. The first kappa shape index (κ1) is 28.7. The molecule has 0 aromatic heterocycles. The van der Waals surface area contributed by atoms with E-state index < -0.39 is 7.14 Å². The summed E-state index contributed by atoms with van der Waals surface area (Å²) >= 11 is 0. The fourth-order valence-corrected chi connectivity index (χ4v) is 9.73. The van der Waals surface area contributed by atoms with E-state index >= 15 is 4.57 Å². The van der Waals surface area contributed by atoms with Crippen molar-refractivity contribution in [2.45, 2.75) is 11.7 Å². The van der Waals surface area contributed by atoms with E-state index in [1.54, 1.807) is 0 Å². The normalized spacial score (nSPS) is 20.6. The third-order valence-electron chi connectivity index (χ3n) is 8.06. The Bertz CT molecular complexity index is 1680. The highest BCUT2D eigenvalue weighted by molar-refractivity contribution is 8.77. The van der Waals surface area contributed by atoms with Gasteiger partial charge in [0.1, 0.15) is 0 Å². The highest BCUT2D eigenvalue weighted by atomic mass is 32.8. The molecule has 0 saturated heterocycles. The van der Waals surface area contributed by atoms with Crippen LogP contribution < -0.4 is 26.8 Å². The van der Waals surface area contributed by atoms with E-state index in [1.807, 2.05) is 36.4 Å². The largest absolute Gasteiger partial charge is 0.309 e. The lowest BCUT2D eigenvalue weighted by Gasteiger charge is -2.25. The lowest BCUT2D eigenvalue weighted by Crippen LogP contribution is -2.45. The predicted octanol–water partition coefficient (Wildman–Crippen LogP) is 7.15. The molecule has 2 heterocycles. The Balaban J connectivity index is 0.000000534. The Morgan fingerprint density at radius 2 is 1.10 bits per heavy atom. The van der Waals surface area contributed by atoms with E-state index in [9.17, 15) is 0 Å². The SMILES string of the molecule is O=P1(c2ccccc2)c2ccccc2C2B(c3ccccc3)c3ccccc3C2c2ccccc21.PPP(P)P. The molecule has 7 unspecified atom stereocenters. The maximum absolute atomic E-state index is 15.5. The molecule has 7 rings (SSSR count). The van der Waals surface area contributed by atoms with E-state index in [0.29, 0.717) is 0 Å². The molecule has 1 nitrogen and oxygen atoms in total. The van der Waals surface area contributed by atoms with Crippen LogP contribution >= 0.6 is 48.9 Å². The van der Waals surface area contributed by atoms with Gasteiger partial charge >= 0.3 is 0 Å². The topological polar surface area (TPSA) is 17.1 Å². The van der Waals surface area contributed by atoms with Crippen LogP contribution in [0.3, 0.4) is 0 Å². The Morgan fingerprint density at radius 1 is 0.625 bits per heavy atom. The van der Waals surface area contributed by atoms with Gasteiger partial charge in [-0.05, 0) is 29.5 Å². The monoisotopic (exact) mass is 628 g/mol. The zero-order chi connectivity index (χ0) is 27.7. The predicted molar refractivity (Wildman–Crippen MR) is 193 cm³/mol. The van der Waals surface area contributed by atoms with Crippen LogP contribution in [-0.4, -0.2) is 6.71 Å². The number of fused-ring (bicyclic) bond motifs is 7. The molecule has 0 spiro atoms. The van der Waals surface area contributed by atoms with Crippen molar-refractivity contribution in [3.63, 3.8) is 0 Å². The minimum atomic E-state index is -3.07. The summed E-state index contributed by atoms with van der Waals surface area (Å²) in [4.78, 5) is 0. The molecule has 5 aromatic carbocycles. The molecule has 7 atom stereocenters. The summed E-state index contributed by atoms with van der Waals surface area (Å²) in [6, 6.07) is 46.9. The molecule has 0 saturated carbocycles. The summed E-state index contributed by atoms with van der Waals surface area (Å²) in [5, 5.41) is 2.87. The Hall–Kier alpha value is -1.46. The maximum Gasteiger partial charge on any atom is 0.218 e. The fraction of sp³-hybridized carbons (Fsp3) is 0.0625. The van der Waals surface area contributed by atoms with E-state index in [4.69, 9.17) is 0 Å². The molecule has 0 fully saturated rings. The van der Waals surface area contributed by atoms with Gasteiger partial charge in [-0.3, -0.25) is 0 Å². The van der Waals surface area contributed by atoms with E-state index in [2.05, 4.69) is 124 Å². The van der Waals surface area contributed by atoms with Gasteiger partial charge < -0.3 is 4.57 Å². The van der Waals surface area contributed by atoms with Crippen molar-refractivity contribution < 1.29 is 4.57 Å². The Morgan fingerprint density at radius 3 is 1.73 bits per heavy atom. The van der Waals surface area contributed by atoms with Gasteiger partial charge in [-0.2, -0.15) is 0 Å². The second-order valence-electron chi connectivity index (χ2n) is 10.1. The first-order chi connectivity index (χ1) is 19.6. The molecular weight excluding hydrogens is 597 g/mol. The third kappa shape index (κ3) is 5.06. The molecule has 40 heavy (non-hydrogen) atoms. The lowest BCUT2D eigenvalue weighted by molar-refractivity contribution is 0.592. The second-order valence-corrected chi connectivity index (χ2v) is 26.8. The first-order valence-electron chi connectivity index (χ1n) is 13.3. The molecule has 0 amide bonds. The summed E-state index contributed by atoms with van der Waals surface area (Å²) in [5.41, 5.74) is 6.47. The average molecular weight is 628 g/mol. The van der Waals surface area contributed by atoms with E-state index in [1.165, 1.54) is 27.6 Å². The molecule has 0 aliphatic carbocycles. The second kappa shape index (κ2) is 12.4. The van der Waals surface area contributed by atoms with Crippen molar-refractivity contribution in [2.75, 3.05) is 0 Å². The van der Waals surface area contributed by atoms with Crippen molar-refractivity contribution >= 4 is 82.4 Å². The highest BCUT2D eigenvalue weighted by Gasteiger charge is 2.51. The molecule has 5 aromatic rings. The van der Waals surface area contributed by atoms with Crippen LogP contribution in [0.15, 0.2) is 133 Å². The smallest absolute Gasteiger partial charge is 0.218 e. The van der Waals surface area contributed by atoms with Crippen LogP contribution in [0, 0.1) is 0 Å². The molecule has 2 aliphatic rings. The highest BCUT2D eigenvalue weighted by Crippen LogP contribution is 2.71. The molecule has 2 aliphatic heterocycles. The van der Waals surface area contributed by atoms with Gasteiger partial charge in [0.25, 0.3) is 0 Å². The van der Waals surface area contributed by atoms with Crippen molar-refractivity contribution in [2.24, 2.45) is 0 Å². The van der Waals surface area contributed by atoms with Crippen LogP contribution in [0.5, 0.6) is 0 Å². The van der Waals surface area contributed by atoms with E-state index in [0.717, 1.165) is 23.9 Å². The summed E-state index contributed by atoms with van der Waals surface area (Å²) < 4.78 is 15.5. The Kier molecular flexibility index (Phi) is 8.90. The average Bonchev–Trinajstić information content (AvgIpc) is 3.32. The van der Waals surface area contributed by atoms with Crippen LogP contribution in [-0.2, 0) is 4.57 Å². The lowest BCUT2D eigenvalue weighted by atomic mass is 9.34. The molecule has 198 valence electrons. The van der Waals surface area contributed by atoms with Gasteiger partial charge in [-0.1, -0.05) is 152 Å².